The van der Waals surface area contributed by atoms with Gasteiger partial charge in [-0.1, -0.05) is 19.1 Å². The zero-order valence-electron chi connectivity index (χ0n) is 14.8. The molecule has 1 aliphatic heterocycles. The second-order valence-corrected chi connectivity index (χ2v) is 6.80. The SMILES string of the molecule is CCc1ccc(NC(=O)C2(C(=O)NCCN3CCOCC3)CC2)cc1. The molecule has 0 radical (unpaired) electrons. The average Bonchev–Trinajstić information content (AvgIpc) is 3.45. The third-order valence-corrected chi connectivity index (χ3v) is 5.06. The maximum Gasteiger partial charge on any atom is 0.240 e. The van der Waals surface area contributed by atoms with Crippen LogP contribution in [0.1, 0.15) is 25.3 Å². The highest BCUT2D eigenvalue weighted by molar-refractivity contribution is 6.13. The van der Waals surface area contributed by atoms with Gasteiger partial charge in [0.2, 0.25) is 11.8 Å². The third-order valence-electron chi connectivity index (χ3n) is 5.06. The van der Waals surface area contributed by atoms with E-state index >= 15 is 0 Å². The van der Waals surface area contributed by atoms with Crippen molar-refractivity contribution in [1.82, 2.24) is 10.2 Å². The predicted molar refractivity (Wildman–Crippen MR) is 96.4 cm³/mol. The van der Waals surface area contributed by atoms with Crippen molar-refractivity contribution in [1.29, 1.82) is 0 Å². The summed E-state index contributed by atoms with van der Waals surface area (Å²) in [6.45, 7) is 6.75. The van der Waals surface area contributed by atoms with Gasteiger partial charge in [-0.15, -0.1) is 0 Å². The normalized spacial score (nSPS) is 19.2. The van der Waals surface area contributed by atoms with Gasteiger partial charge in [0.1, 0.15) is 5.41 Å². The van der Waals surface area contributed by atoms with Crippen LogP contribution in [0.4, 0.5) is 5.69 Å². The predicted octanol–water partition coefficient (Wildman–Crippen LogP) is 1.42. The Morgan fingerprint density at radius 2 is 1.80 bits per heavy atom. The summed E-state index contributed by atoms with van der Waals surface area (Å²) in [6, 6.07) is 7.78. The Bertz CT molecular complexity index is 605. The molecule has 6 nitrogen and oxygen atoms in total. The molecule has 136 valence electrons. The Labute approximate surface area is 148 Å². The Balaban J connectivity index is 1.48. The number of nitrogens with zero attached hydrogens (tertiary/aromatic N) is 1. The molecule has 1 saturated heterocycles. The first-order valence-electron chi connectivity index (χ1n) is 9.13. The molecule has 0 unspecified atom stereocenters. The topological polar surface area (TPSA) is 70.7 Å². The van der Waals surface area contributed by atoms with Gasteiger partial charge in [-0.3, -0.25) is 14.5 Å². The smallest absolute Gasteiger partial charge is 0.240 e. The number of aryl methyl sites for hydroxylation is 1. The fourth-order valence-corrected chi connectivity index (χ4v) is 3.08. The summed E-state index contributed by atoms with van der Waals surface area (Å²) in [5, 5.41) is 5.83. The van der Waals surface area contributed by atoms with Gasteiger partial charge in [0.05, 0.1) is 13.2 Å². The van der Waals surface area contributed by atoms with Gasteiger partial charge in [-0.2, -0.15) is 0 Å². The minimum Gasteiger partial charge on any atom is -0.379 e. The highest BCUT2D eigenvalue weighted by Gasteiger charge is 2.56. The third kappa shape index (κ3) is 4.38. The van der Waals surface area contributed by atoms with Gasteiger partial charge in [0, 0.05) is 31.9 Å². The maximum absolute atomic E-state index is 12.6. The highest BCUT2D eigenvalue weighted by atomic mass is 16.5. The molecule has 2 amide bonds. The molecule has 2 aliphatic rings. The number of rotatable bonds is 7. The number of amides is 2. The number of ether oxygens (including phenoxy) is 1. The van der Waals surface area contributed by atoms with Gasteiger partial charge >= 0.3 is 0 Å². The van der Waals surface area contributed by atoms with Crippen molar-refractivity contribution in [2.24, 2.45) is 5.41 Å². The Hall–Kier alpha value is -1.92. The van der Waals surface area contributed by atoms with Gasteiger partial charge < -0.3 is 15.4 Å². The lowest BCUT2D eigenvalue weighted by molar-refractivity contribution is -0.134. The van der Waals surface area contributed by atoms with Gasteiger partial charge in [-0.05, 0) is 37.0 Å². The van der Waals surface area contributed by atoms with Crippen LogP contribution in [0.3, 0.4) is 0 Å². The summed E-state index contributed by atoms with van der Waals surface area (Å²) in [4.78, 5) is 27.3. The summed E-state index contributed by atoms with van der Waals surface area (Å²) in [6.07, 6.45) is 2.20. The minimum absolute atomic E-state index is 0.150. The number of carbonyl (C=O) groups is 2. The van der Waals surface area contributed by atoms with Crippen molar-refractivity contribution in [2.45, 2.75) is 26.2 Å². The first-order chi connectivity index (χ1) is 12.1. The molecule has 6 heteroatoms. The van der Waals surface area contributed by atoms with E-state index in [4.69, 9.17) is 4.74 Å². The molecule has 0 bridgehead atoms. The van der Waals surface area contributed by atoms with Crippen molar-refractivity contribution < 1.29 is 14.3 Å². The minimum atomic E-state index is -0.881. The summed E-state index contributed by atoms with van der Waals surface area (Å²) in [7, 11) is 0. The first-order valence-corrected chi connectivity index (χ1v) is 9.13. The van der Waals surface area contributed by atoms with Crippen LogP contribution in [0.5, 0.6) is 0 Å². The molecule has 1 saturated carbocycles. The Kier molecular flexibility index (Phi) is 5.71. The molecule has 3 rings (SSSR count). The van der Waals surface area contributed by atoms with E-state index < -0.39 is 5.41 Å². The molecule has 2 fully saturated rings. The lowest BCUT2D eigenvalue weighted by Gasteiger charge is -2.26. The molecule has 0 spiro atoms. The van der Waals surface area contributed by atoms with Gasteiger partial charge in [0.25, 0.3) is 0 Å². The van der Waals surface area contributed by atoms with E-state index in [1.54, 1.807) is 0 Å². The fraction of sp³-hybridized carbons (Fsp3) is 0.579. The van der Waals surface area contributed by atoms with Crippen molar-refractivity contribution in [3.8, 4) is 0 Å². The quantitative estimate of drug-likeness (QED) is 0.733. The Morgan fingerprint density at radius 1 is 1.12 bits per heavy atom. The average molecular weight is 345 g/mol. The highest BCUT2D eigenvalue weighted by Crippen LogP contribution is 2.46. The molecule has 0 aromatic heterocycles. The van der Waals surface area contributed by atoms with Crippen LogP contribution in [0.2, 0.25) is 0 Å². The van der Waals surface area contributed by atoms with Crippen LogP contribution in [0.25, 0.3) is 0 Å². The molecular formula is C19H27N3O3. The van der Waals surface area contributed by atoms with E-state index in [0.717, 1.165) is 45.0 Å². The second-order valence-electron chi connectivity index (χ2n) is 6.80. The molecule has 2 N–H and O–H groups in total. The summed E-state index contributed by atoms with van der Waals surface area (Å²) in [5.41, 5.74) is 1.09. The van der Waals surface area contributed by atoms with E-state index in [2.05, 4.69) is 22.5 Å². The molecule has 1 aromatic carbocycles. The number of morpholine rings is 1. The first kappa shape index (κ1) is 17.9. The standard InChI is InChI=1S/C19H27N3O3/c1-2-15-3-5-16(6-4-15)21-18(24)19(7-8-19)17(23)20-9-10-22-11-13-25-14-12-22/h3-6H,2,7-14H2,1H3,(H,20,23)(H,21,24). The zero-order valence-corrected chi connectivity index (χ0v) is 14.8. The van der Waals surface area contributed by atoms with Crippen LogP contribution in [-0.2, 0) is 20.7 Å². The van der Waals surface area contributed by atoms with E-state index in [1.807, 2.05) is 24.3 Å². The van der Waals surface area contributed by atoms with Crippen molar-refractivity contribution in [3.05, 3.63) is 29.8 Å². The van der Waals surface area contributed by atoms with Gasteiger partial charge in [0.15, 0.2) is 0 Å². The van der Waals surface area contributed by atoms with Crippen molar-refractivity contribution in [2.75, 3.05) is 44.7 Å². The molecule has 25 heavy (non-hydrogen) atoms. The number of nitrogens with one attached hydrogen (secondary N) is 2. The fourth-order valence-electron chi connectivity index (χ4n) is 3.08. The molecule has 1 aliphatic carbocycles. The molecular weight excluding hydrogens is 318 g/mol. The number of hydrogen-bond donors (Lipinski definition) is 2. The maximum atomic E-state index is 12.6. The molecule has 1 heterocycles. The number of benzene rings is 1. The van der Waals surface area contributed by atoms with Crippen molar-refractivity contribution in [3.63, 3.8) is 0 Å². The molecule has 1 aromatic rings. The van der Waals surface area contributed by atoms with E-state index in [1.165, 1.54) is 5.56 Å². The van der Waals surface area contributed by atoms with Crippen LogP contribution < -0.4 is 10.6 Å². The summed E-state index contributed by atoms with van der Waals surface area (Å²) >= 11 is 0. The second kappa shape index (κ2) is 7.97. The van der Waals surface area contributed by atoms with E-state index in [-0.39, 0.29) is 11.8 Å². The molecule has 0 atom stereocenters. The Morgan fingerprint density at radius 3 is 2.40 bits per heavy atom. The van der Waals surface area contributed by atoms with Crippen LogP contribution in [0, 0.1) is 5.41 Å². The van der Waals surface area contributed by atoms with Crippen LogP contribution in [-0.4, -0.2) is 56.1 Å². The monoisotopic (exact) mass is 345 g/mol. The van der Waals surface area contributed by atoms with Crippen LogP contribution >= 0.6 is 0 Å². The zero-order chi connectivity index (χ0) is 17.7. The lowest BCUT2D eigenvalue weighted by atomic mass is 10.0. The number of anilines is 1. The largest absolute Gasteiger partial charge is 0.379 e. The van der Waals surface area contributed by atoms with Crippen LogP contribution in [0.15, 0.2) is 24.3 Å². The number of carbonyl (C=O) groups excluding carboxylic acids is 2. The van der Waals surface area contributed by atoms with E-state index in [9.17, 15) is 9.59 Å². The summed E-state index contributed by atoms with van der Waals surface area (Å²) < 4.78 is 5.31. The van der Waals surface area contributed by atoms with Gasteiger partial charge in [-0.25, -0.2) is 0 Å². The number of hydrogen-bond acceptors (Lipinski definition) is 4. The van der Waals surface area contributed by atoms with E-state index in [0.29, 0.717) is 19.4 Å². The van der Waals surface area contributed by atoms with Crippen molar-refractivity contribution >= 4 is 17.5 Å². The summed E-state index contributed by atoms with van der Waals surface area (Å²) in [5.74, 6) is -0.343. The lowest BCUT2D eigenvalue weighted by Crippen LogP contribution is -2.45.